The maximum absolute atomic E-state index is 10.7. The van der Waals surface area contributed by atoms with Crippen LogP contribution >= 0.6 is 0 Å². The number of carbonyl (C=O) groups excluding carboxylic acids is 1. The first-order valence-corrected chi connectivity index (χ1v) is 6.18. The summed E-state index contributed by atoms with van der Waals surface area (Å²) in [4.78, 5) is 19.4. The lowest BCUT2D eigenvalue weighted by molar-refractivity contribution is -0.117. The number of amides is 1. The monoisotopic (exact) mass is 263 g/mol. The summed E-state index contributed by atoms with van der Waals surface area (Å²) in [5, 5.41) is 13.7. The smallest absolute Gasteiger partial charge is 0.226 e. The molecule has 0 saturated carbocycles. The first-order valence-electron chi connectivity index (χ1n) is 6.18. The van der Waals surface area contributed by atoms with Crippen molar-refractivity contribution in [3.8, 4) is 0 Å². The SMILES string of the molecule is CCCNc1nc(NCCC(N)=O)c2cn[nH]c2n1. The highest BCUT2D eigenvalue weighted by atomic mass is 16.1. The van der Waals surface area contributed by atoms with Crippen molar-refractivity contribution in [2.75, 3.05) is 23.7 Å². The summed E-state index contributed by atoms with van der Waals surface area (Å²) in [5.41, 5.74) is 5.75. The van der Waals surface area contributed by atoms with Crippen LogP contribution in [0.4, 0.5) is 11.8 Å². The molecule has 2 heterocycles. The first kappa shape index (κ1) is 13.1. The van der Waals surface area contributed by atoms with Gasteiger partial charge in [-0.3, -0.25) is 9.89 Å². The lowest BCUT2D eigenvalue weighted by Gasteiger charge is -2.08. The zero-order valence-electron chi connectivity index (χ0n) is 10.7. The van der Waals surface area contributed by atoms with Crippen LogP contribution in [0.2, 0.25) is 0 Å². The van der Waals surface area contributed by atoms with Gasteiger partial charge in [0.2, 0.25) is 11.9 Å². The standard InChI is InChI=1S/C11H17N7O/c1-2-4-14-11-16-9(13-5-3-8(12)19)7-6-15-18-10(7)17-11/h6H,2-5H2,1H3,(H2,12,19)(H3,13,14,15,16,17,18). The Labute approximate surface area is 110 Å². The molecule has 2 rings (SSSR count). The topological polar surface area (TPSA) is 122 Å². The van der Waals surface area contributed by atoms with Gasteiger partial charge in [-0.15, -0.1) is 0 Å². The third kappa shape index (κ3) is 3.30. The summed E-state index contributed by atoms with van der Waals surface area (Å²) >= 11 is 0. The van der Waals surface area contributed by atoms with Crippen LogP contribution in [0, 0.1) is 0 Å². The van der Waals surface area contributed by atoms with Crippen molar-refractivity contribution in [1.29, 1.82) is 0 Å². The van der Waals surface area contributed by atoms with Gasteiger partial charge in [-0.2, -0.15) is 15.1 Å². The van der Waals surface area contributed by atoms with Gasteiger partial charge in [0.1, 0.15) is 5.82 Å². The molecule has 0 aliphatic rings. The molecule has 2 aromatic rings. The van der Waals surface area contributed by atoms with Gasteiger partial charge in [0.25, 0.3) is 0 Å². The third-order valence-electron chi connectivity index (χ3n) is 2.51. The summed E-state index contributed by atoms with van der Waals surface area (Å²) in [6.07, 6.45) is 2.88. The summed E-state index contributed by atoms with van der Waals surface area (Å²) in [7, 11) is 0. The summed E-state index contributed by atoms with van der Waals surface area (Å²) in [5.74, 6) is 0.813. The van der Waals surface area contributed by atoms with E-state index in [4.69, 9.17) is 5.73 Å². The molecule has 0 aliphatic heterocycles. The predicted molar refractivity (Wildman–Crippen MR) is 72.8 cm³/mol. The summed E-state index contributed by atoms with van der Waals surface area (Å²) in [6.45, 7) is 3.29. The molecule has 8 heteroatoms. The number of nitrogens with zero attached hydrogens (tertiary/aromatic N) is 3. The Morgan fingerprint density at radius 2 is 2.21 bits per heavy atom. The first-order chi connectivity index (χ1) is 9.20. The van der Waals surface area contributed by atoms with E-state index >= 15 is 0 Å². The normalized spacial score (nSPS) is 10.6. The van der Waals surface area contributed by atoms with Crippen LogP contribution in [-0.4, -0.2) is 39.2 Å². The Balaban J connectivity index is 2.18. The molecule has 0 fully saturated rings. The number of primary amides is 1. The van der Waals surface area contributed by atoms with Gasteiger partial charge >= 0.3 is 0 Å². The average molecular weight is 263 g/mol. The molecule has 0 radical (unpaired) electrons. The van der Waals surface area contributed by atoms with Gasteiger partial charge in [-0.25, -0.2) is 0 Å². The lowest BCUT2D eigenvalue weighted by atomic mass is 10.3. The minimum atomic E-state index is -0.352. The second-order valence-electron chi connectivity index (χ2n) is 4.10. The average Bonchev–Trinajstić information content (AvgIpc) is 2.84. The molecule has 8 nitrogen and oxygen atoms in total. The van der Waals surface area contributed by atoms with Gasteiger partial charge in [-0.05, 0) is 6.42 Å². The van der Waals surface area contributed by atoms with E-state index in [2.05, 4.69) is 37.7 Å². The van der Waals surface area contributed by atoms with Gasteiger partial charge in [0.15, 0.2) is 5.65 Å². The Hall–Kier alpha value is -2.38. The van der Waals surface area contributed by atoms with Crippen LogP contribution in [-0.2, 0) is 4.79 Å². The minimum Gasteiger partial charge on any atom is -0.370 e. The van der Waals surface area contributed by atoms with Crippen LogP contribution in [0.3, 0.4) is 0 Å². The van der Waals surface area contributed by atoms with Crippen molar-refractivity contribution in [3.05, 3.63) is 6.20 Å². The fourth-order valence-corrected chi connectivity index (χ4v) is 1.59. The number of hydrogen-bond donors (Lipinski definition) is 4. The molecule has 1 amide bonds. The number of rotatable bonds is 7. The van der Waals surface area contributed by atoms with E-state index in [1.165, 1.54) is 0 Å². The molecular formula is C11H17N7O. The second kappa shape index (κ2) is 5.98. The van der Waals surface area contributed by atoms with Crippen molar-refractivity contribution < 1.29 is 4.79 Å². The highest BCUT2D eigenvalue weighted by Crippen LogP contribution is 2.19. The zero-order chi connectivity index (χ0) is 13.7. The number of H-pyrrole nitrogens is 1. The Bertz CT molecular complexity index is 565. The Morgan fingerprint density at radius 3 is 2.95 bits per heavy atom. The van der Waals surface area contributed by atoms with E-state index in [0.717, 1.165) is 18.4 Å². The van der Waals surface area contributed by atoms with E-state index in [-0.39, 0.29) is 12.3 Å². The maximum atomic E-state index is 10.7. The Morgan fingerprint density at radius 1 is 1.37 bits per heavy atom. The largest absolute Gasteiger partial charge is 0.370 e. The number of hydrogen-bond acceptors (Lipinski definition) is 6. The molecule has 5 N–H and O–H groups in total. The highest BCUT2D eigenvalue weighted by molar-refractivity contribution is 5.87. The third-order valence-corrected chi connectivity index (χ3v) is 2.51. The van der Waals surface area contributed by atoms with Crippen molar-refractivity contribution in [1.82, 2.24) is 20.2 Å². The minimum absolute atomic E-state index is 0.251. The van der Waals surface area contributed by atoms with Crippen LogP contribution in [0.25, 0.3) is 11.0 Å². The molecule has 19 heavy (non-hydrogen) atoms. The maximum Gasteiger partial charge on any atom is 0.226 e. The molecule has 0 aliphatic carbocycles. The number of nitrogens with two attached hydrogens (primary N) is 1. The molecule has 0 aromatic carbocycles. The van der Waals surface area contributed by atoms with Crippen LogP contribution in [0.5, 0.6) is 0 Å². The number of anilines is 2. The van der Waals surface area contributed by atoms with Crippen molar-refractivity contribution in [2.45, 2.75) is 19.8 Å². The molecule has 0 spiro atoms. The summed E-state index contributed by atoms with van der Waals surface area (Å²) in [6, 6.07) is 0. The molecule has 0 saturated heterocycles. The van der Waals surface area contributed by atoms with Gasteiger partial charge in [0.05, 0.1) is 11.6 Å². The molecule has 0 atom stereocenters. The van der Waals surface area contributed by atoms with E-state index in [1.54, 1.807) is 6.20 Å². The number of aromatic amines is 1. The number of aromatic nitrogens is 4. The quantitative estimate of drug-likeness (QED) is 0.576. The summed E-state index contributed by atoms with van der Waals surface area (Å²) < 4.78 is 0. The van der Waals surface area contributed by atoms with Gasteiger partial charge in [-0.1, -0.05) is 6.92 Å². The zero-order valence-corrected chi connectivity index (χ0v) is 10.7. The fourth-order valence-electron chi connectivity index (χ4n) is 1.59. The van der Waals surface area contributed by atoms with E-state index in [9.17, 15) is 4.79 Å². The van der Waals surface area contributed by atoms with E-state index in [1.807, 2.05) is 0 Å². The Kier molecular flexibility index (Phi) is 4.11. The molecule has 102 valence electrons. The predicted octanol–water partition coefficient (Wildman–Crippen LogP) is 0.462. The highest BCUT2D eigenvalue weighted by Gasteiger charge is 2.09. The van der Waals surface area contributed by atoms with Gasteiger partial charge < -0.3 is 16.4 Å². The van der Waals surface area contributed by atoms with Crippen LogP contribution < -0.4 is 16.4 Å². The lowest BCUT2D eigenvalue weighted by Crippen LogP contribution is -2.16. The van der Waals surface area contributed by atoms with Crippen molar-refractivity contribution in [3.63, 3.8) is 0 Å². The van der Waals surface area contributed by atoms with Crippen LogP contribution in [0.15, 0.2) is 6.20 Å². The molecule has 0 bridgehead atoms. The molecule has 0 unspecified atom stereocenters. The number of nitrogens with one attached hydrogen (secondary N) is 3. The number of fused-ring (bicyclic) bond motifs is 1. The second-order valence-corrected chi connectivity index (χ2v) is 4.10. The van der Waals surface area contributed by atoms with E-state index in [0.29, 0.717) is 24.0 Å². The number of carbonyl (C=O) groups is 1. The molecule has 2 aromatic heterocycles. The fraction of sp³-hybridized carbons (Fsp3) is 0.455. The van der Waals surface area contributed by atoms with Crippen molar-refractivity contribution >= 4 is 28.7 Å². The van der Waals surface area contributed by atoms with E-state index < -0.39 is 0 Å². The molecular weight excluding hydrogens is 246 g/mol. The van der Waals surface area contributed by atoms with Crippen molar-refractivity contribution in [2.24, 2.45) is 5.73 Å². The van der Waals surface area contributed by atoms with Crippen LogP contribution in [0.1, 0.15) is 19.8 Å². The van der Waals surface area contributed by atoms with Gasteiger partial charge in [0, 0.05) is 19.5 Å².